The van der Waals surface area contributed by atoms with Crippen LogP contribution in [-0.4, -0.2) is 25.0 Å². The van der Waals surface area contributed by atoms with E-state index in [-0.39, 0.29) is 12.0 Å². The molecule has 0 aliphatic carbocycles. The number of hydrogen-bond acceptors (Lipinski definition) is 4. The van der Waals surface area contributed by atoms with E-state index in [0.717, 1.165) is 23.3 Å². The zero-order valence-corrected chi connectivity index (χ0v) is 17.5. The van der Waals surface area contributed by atoms with E-state index in [4.69, 9.17) is 9.47 Å². The second-order valence-electron chi connectivity index (χ2n) is 7.15. The van der Waals surface area contributed by atoms with E-state index in [9.17, 15) is 18.4 Å². The maximum absolute atomic E-state index is 13.8. The van der Waals surface area contributed by atoms with Gasteiger partial charge in [0, 0.05) is 12.0 Å². The topological polar surface area (TPSA) is 64.6 Å². The van der Waals surface area contributed by atoms with E-state index in [1.54, 1.807) is 24.3 Å². The second kappa shape index (κ2) is 11.0. The standard InChI is InChI=1S/C25H23F2NO4/c1-31-25(30)23(28-24(29)15-20-21(26)11-6-12-22(20)27)14-18-9-5-10-19(13-18)32-16-17-7-3-2-4-8-17/h2-13,23H,14-16H2,1H3,(H,28,29)/t23-/m1/s1. The average molecular weight is 439 g/mol. The summed E-state index contributed by atoms with van der Waals surface area (Å²) in [6.07, 6.45) is -0.410. The van der Waals surface area contributed by atoms with E-state index in [1.807, 2.05) is 30.3 Å². The third-order valence-corrected chi connectivity index (χ3v) is 4.81. The average Bonchev–Trinajstić information content (AvgIpc) is 2.80. The van der Waals surface area contributed by atoms with Gasteiger partial charge in [0.25, 0.3) is 0 Å². The zero-order valence-electron chi connectivity index (χ0n) is 17.5. The Kier molecular flexibility index (Phi) is 7.91. The molecule has 3 aromatic rings. The van der Waals surface area contributed by atoms with Crippen molar-refractivity contribution in [2.45, 2.75) is 25.5 Å². The van der Waals surface area contributed by atoms with Crippen molar-refractivity contribution in [2.24, 2.45) is 0 Å². The molecular formula is C25H23F2NO4. The van der Waals surface area contributed by atoms with Gasteiger partial charge in [0.15, 0.2) is 0 Å². The Bertz CT molecular complexity index is 1050. The molecule has 3 aromatic carbocycles. The lowest BCUT2D eigenvalue weighted by Crippen LogP contribution is -2.43. The van der Waals surface area contributed by atoms with Gasteiger partial charge < -0.3 is 14.8 Å². The monoisotopic (exact) mass is 439 g/mol. The summed E-state index contributed by atoms with van der Waals surface area (Å²) in [6, 6.07) is 19.1. The lowest BCUT2D eigenvalue weighted by molar-refractivity contribution is -0.145. The van der Waals surface area contributed by atoms with Crippen LogP contribution >= 0.6 is 0 Å². The summed E-state index contributed by atoms with van der Waals surface area (Å²) in [7, 11) is 1.21. The molecule has 7 heteroatoms. The summed E-state index contributed by atoms with van der Waals surface area (Å²) in [5.41, 5.74) is 1.38. The van der Waals surface area contributed by atoms with Crippen LogP contribution in [-0.2, 0) is 33.8 Å². The Labute approximate surface area is 185 Å². The Morgan fingerprint density at radius 2 is 1.56 bits per heavy atom. The molecule has 0 bridgehead atoms. The van der Waals surface area contributed by atoms with Crippen LogP contribution in [0.2, 0.25) is 0 Å². The predicted octanol–water partition coefficient (Wildman–Crippen LogP) is 3.99. The van der Waals surface area contributed by atoms with Gasteiger partial charge in [-0.1, -0.05) is 48.5 Å². The summed E-state index contributed by atoms with van der Waals surface area (Å²) < 4.78 is 38.3. The lowest BCUT2D eigenvalue weighted by Gasteiger charge is -2.17. The van der Waals surface area contributed by atoms with E-state index in [1.165, 1.54) is 13.2 Å². The Hall–Kier alpha value is -3.74. The molecule has 1 N–H and O–H groups in total. The van der Waals surface area contributed by atoms with Gasteiger partial charge in [-0.05, 0) is 35.4 Å². The van der Waals surface area contributed by atoms with E-state index >= 15 is 0 Å². The fourth-order valence-electron chi connectivity index (χ4n) is 3.18. The highest BCUT2D eigenvalue weighted by atomic mass is 19.1. The van der Waals surface area contributed by atoms with Gasteiger partial charge in [-0.3, -0.25) is 4.79 Å². The summed E-state index contributed by atoms with van der Waals surface area (Å²) in [5.74, 6) is -2.39. The van der Waals surface area contributed by atoms with Crippen LogP contribution in [0, 0.1) is 11.6 Å². The molecule has 0 fully saturated rings. The van der Waals surface area contributed by atoms with Crippen LogP contribution in [0.1, 0.15) is 16.7 Å². The molecule has 0 saturated carbocycles. The number of hydrogen-bond donors (Lipinski definition) is 1. The second-order valence-corrected chi connectivity index (χ2v) is 7.15. The molecule has 0 spiro atoms. The number of ether oxygens (including phenoxy) is 2. The lowest BCUT2D eigenvalue weighted by atomic mass is 10.0. The number of nitrogens with one attached hydrogen (secondary N) is 1. The molecule has 0 aliphatic heterocycles. The highest BCUT2D eigenvalue weighted by molar-refractivity contribution is 5.85. The number of rotatable bonds is 9. The molecular weight excluding hydrogens is 416 g/mol. The van der Waals surface area contributed by atoms with Crippen molar-refractivity contribution in [2.75, 3.05) is 7.11 Å². The van der Waals surface area contributed by atoms with Crippen molar-refractivity contribution < 1.29 is 27.8 Å². The number of methoxy groups -OCH3 is 1. The number of amides is 1. The largest absolute Gasteiger partial charge is 0.489 e. The van der Waals surface area contributed by atoms with Crippen LogP contribution in [0.3, 0.4) is 0 Å². The van der Waals surface area contributed by atoms with E-state index in [2.05, 4.69) is 5.32 Å². The fourth-order valence-corrected chi connectivity index (χ4v) is 3.18. The minimum atomic E-state index is -1.02. The van der Waals surface area contributed by atoms with Crippen molar-refractivity contribution in [1.82, 2.24) is 5.32 Å². The SMILES string of the molecule is COC(=O)[C@@H](Cc1cccc(OCc2ccccc2)c1)NC(=O)Cc1c(F)cccc1F. The van der Waals surface area contributed by atoms with Crippen molar-refractivity contribution in [3.8, 4) is 5.75 Å². The molecule has 1 amide bonds. The molecule has 0 aromatic heterocycles. The maximum Gasteiger partial charge on any atom is 0.328 e. The van der Waals surface area contributed by atoms with Gasteiger partial charge in [-0.2, -0.15) is 0 Å². The quantitative estimate of drug-likeness (QED) is 0.512. The van der Waals surface area contributed by atoms with Crippen LogP contribution in [0.25, 0.3) is 0 Å². The van der Waals surface area contributed by atoms with Crippen LogP contribution < -0.4 is 10.1 Å². The number of carbonyl (C=O) groups excluding carboxylic acids is 2. The molecule has 5 nitrogen and oxygen atoms in total. The van der Waals surface area contributed by atoms with Crippen molar-refractivity contribution in [3.05, 3.63) is 101 Å². The normalized spacial score (nSPS) is 11.5. The third kappa shape index (κ3) is 6.38. The molecule has 1 atom stereocenters. The van der Waals surface area contributed by atoms with Gasteiger partial charge in [0.05, 0.1) is 13.5 Å². The smallest absolute Gasteiger partial charge is 0.328 e. The number of esters is 1. The Morgan fingerprint density at radius 3 is 2.25 bits per heavy atom. The predicted molar refractivity (Wildman–Crippen MR) is 115 cm³/mol. The first-order valence-electron chi connectivity index (χ1n) is 10.0. The van der Waals surface area contributed by atoms with Crippen molar-refractivity contribution >= 4 is 11.9 Å². The van der Waals surface area contributed by atoms with Gasteiger partial charge in [0.2, 0.25) is 5.91 Å². The van der Waals surface area contributed by atoms with Gasteiger partial charge >= 0.3 is 5.97 Å². The van der Waals surface area contributed by atoms with Gasteiger partial charge in [-0.25, -0.2) is 13.6 Å². The first kappa shape index (κ1) is 22.9. The third-order valence-electron chi connectivity index (χ3n) is 4.81. The van der Waals surface area contributed by atoms with Crippen LogP contribution in [0.5, 0.6) is 5.75 Å². The summed E-state index contributed by atoms with van der Waals surface area (Å²) in [6.45, 7) is 0.385. The molecule has 3 rings (SSSR count). The Morgan fingerprint density at radius 1 is 0.906 bits per heavy atom. The number of benzene rings is 3. The molecule has 32 heavy (non-hydrogen) atoms. The minimum absolute atomic E-state index is 0.126. The van der Waals surface area contributed by atoms with Crippen LogP contribution in [0.4, 0.5) is 8.78 Å². The van der Waals surface area contributed by atoms with E-state index < -0.39 is 36.0 Å². The summed E-state index contributed by atoms with van der Waals surface area (Å²) in [4.78, 5) is 24.6. The molecule has 0 aliphatic rings. The first-order valence-corrected chi connectivity index (χ1v) is 10.0. The molecule has 0 radical (unpaired) electrons. The fraction of sp³-hybridized carbons (Fsp3) is 0.200. The van der Waals surface area contributed by atoms with Gasteiger partial charge in [0.1, 0.15) is 30.0 Å². The highest BCUT2D eigenvalue weighted by Gasteiger charge is 2.23. The van der Waals surface area contributed by atoms with Crippen molar-refractivity contribution in [3.63, 3.8) is 0 Å². The first-order chi connectivity index (χ1) is 15.5. The highest BCUT2D eigenvalue weighted by Crippen LogP contribution is 2.17. The summed E-state index contributed by atoms with van der Waals surface area (Å²) in [5, 5.41) is 2.51. The molecule has 0 saturated heterocycles. The van der Waals surface area contributed by atoms with Gasteiger partial charge in [-0.15, -0.1) is 0 Å². The Balaban J connectivity index is 1.66. The summed E-state index contributed by atoms with van der Waals surface area (Å²) >= 11 is 0. The van der Waals surface area contributed by atoms with Crippen molar-refractivity contribution in [1.29, 1.82) is 0 Å². The maximum atomic E-state index is 13.8. The number of halogens is 2. The molecule has 166 valence electrons. The minimum Gasteiger partial charge on any atom is -0.489 e. The molecule has 0 unspecified atom stereocenters. The van der Waals surface area contributed by atoms with E-state index in [0.29, 0.717) is 12.4 Å². The molecule has 0 heterocycles. The van der Waals surface area contributed by atoms with Crippen LogP contribution in [0.15, 0.2) is 72.8 Å². The zero-order chi connectivity index (χ0) is 22.9. The number of carbonyl (C=O) groups is 2.